The van der Waals surface area contributed by atoms with Crippen LogP contribution in [0.15, 0.2) is 59.5 Å². The summed E-state index contributed by atoms with van der Waals surface area (Å²) in [7, 11) is -3.48. The summed E-state index contributed by atoms with van der Waals surface area (Å²) in [6, 6.07) is 13.2. The van der Waals surface area contributed by atoms with Crippen LogP contribution < -0.4 is 4.74 Å². The number of sulfonamides is 1. The maximum atomic E-state index is 12.8. The fourth-order valence-electron chi connectivity index (χ4n) is 3.02. The first-order valence-electron chi connectivity index (χ1n) is 9.21. The molecule has 0 aromatic heterocycles. The lowest BCUT2D eigenvalue weighted by Gasteiger charge is -2.19. The van der Waals surface area contributed by atoms with Gasteiger partial charge in [-0.15, -0.1) is 0 Å². The lowest BCUT2D eigenvalue weighted by molar-refractivity contribution is -0.128. The lowest BCUT2D eigenvalue weighted by Crippen LogP contribution is -2.31. The summed E-state index contributed by atoms with van der Waals surface area (Å²) >= 11 is 5.96. The van der Waals surface area contributed by atoms with Gasteiger partial charge < -0.3 is 4.74 Å². The summed E-state index contributed by atoms with van der Waals surface area (Å²) in [6.07, 6.45) is 6.78. The van der Waals surface area contributed by atoms with E-state index in [1.807, 2.05) is 0 Å². The van der Waals surface area contributed by atoms with Crippen LogP contribution in [0.5, 0.6) is 5.75 Å². The maximum Gasteiger partial charge on any atom is 0.336 e. The molecule has 0 N–H and O–H groups in total. The summed E-state index contributed by atoms with van der Waals surface area (Å²) in [5.41, 5.74) is 0.700. The second-order valence-corrected chi connectivity index (χ2v) is 8.92. The molecular weight excluding hydrogens is 398 g/mol. The lowest BCUT2D eigenvalue weighted by atomic mass is 10.2. The number of hydrogen-bond acceptors (Lipinski definition) is 4. The second-order valence-electron chi connectivity index (χ2n) is 6.57. The van der Waals surface area contributed by atoms with Crippen molar-refractivity contribution >= 4 is 33.7 Å². The Morgan fingerprint density at radius 2 is 1.61 bits per heavy atom. The number of esters is 1. The van der Waals surface area contributed by atoms with Crippen molar-refractivity contribution in [1.82, 2.24) is 4.31 Å². The van der Waals surface area contributed by atoms with E-state index in [4.69, 9.17) is 16.3 Å². The van der Waals surface area contributed by atoms with E-state index in [-0.39, 0.29) is 10.6 Å². The first-order chi connectivity index (χ1) is 13.5. The predicted octanol–water partition coefficient (Wildman–Crippen LogP) is 4.52. The van der Waals surface area contributed by atoms with Gasteiger partial charge in [-0.2, -0.15) is 4.31 Å². The number of para-hydroxylation sites is 1. The SMILES string of the molecule is O=C(/C=C/c1ccc(S(=O)(=O)N2CCCCCC2)cc1)Oc1ccccc1Cl. The van der Waals surface area contributed by atoms with Crippen LogP contribution in [-0.2, 0) is 14.8 Å². The zero-order chi connectivity index (χ0) is 20.0. The van der Waals surface area contributed by atoms with Gasteiger partial charge in [0.1, 0.15) is 5.75 Å². The van der Waals surface area contributed by atoms with Crippen LogP contribution in [0.25, 0.3) is 6.08 Å². The van der Waals surface area contributed by atoms with Crippen LogP contribution >= 0.6 is 11.6 Å². The van der Waals surface area contributed by atoms with E-state index in [0.29, 0.717) is 23.7 Å². The molecule has 5 nitrogen and oxygen atoms in total. The molecule has 28 heavy (non-hydrogen) atoms. The van der Waals surface area contributed by atoms with Gasteiger partial charge in [0.25, 0.3) is 0 Å². The minimum atomic E-state index is -3.48. The quantitative estimate of drug-likeness (QED) is 0.406. The number of hydrogen-bond donors (Lipinski definition) is 0. The van der Waals surface area contributed by atoms with Gasteiger partial charge in [-0.05, 0) is 48.7 Å². The average Bonchev–Trinajstić information content (AvgIpc) is 2.99. The van der Waals surface area contributed by atoms with E-state index in [1.165, 1.54) is 6.08 Å². The Morgan fingerprint density at radius 3 is 2.25 bits per heavy atom. The van der Waals surface area contributed by atoms with Gasteiger partial charge >= 0.3 is 5.97 Å². The number of rotatable bonds is 5. The number of ether oxygens (including phenoxy) is 1. The van der Waals surface area contributed by atoms with Crippen molar-refractivity contribution in [3.05, 3.63) is 65.2 Å². The number of carbonyl (C=O) groups is 1. The summed E-state index contributed by atoms with van der Waals surface area (Å²) in [6.45, 7) is 1.13. The third kappa shape index (κ3) is 5.22. The van der Waals surface area contributed by atoms with Crippen LogP contribution in [0.1, 0.15) is 31.2 Å². The number of carbonyl (C=O) groups excluding carboxylic acids is 1. The summed E-state index contributed by atoms with van der Waals surface area (Å²) in [5.74, 6) is -0.271. The minimum Gasteiger partial charge on any atom is -0.422 e. The highest BCUT2D eigenvalue weighted by molar-refractivity contribution is 7.89. The minimum absolute atomic E-state index is 0.269. The van der Waals surface area contributed by atoms with E-state index in [2.05, 4.69) is 0 Å². The number of nitrogens with zero attached hydrogens (tertiary/aromatic N) is 1. The fourth-order valence-corrected chi connectivity index (χ4v) is 4.71. The Morgan fingerprint density at radius 1 is 0.964 bits per heavy atom. The van der Waals surface area contributed by atoms with Crippen molar-refractivity contribution in [2.45, 2.75) is 30.6 Å². The molecule has 1 fully saturated rings. The molecule has 1 heterocycles. The van der Waals surface area contributed by atoms with E-state index in [1.54, 1.807) is 58.9 Å². The Bertz CT molecular complexity index is 947. The van der Waals surface area contributed by atoms with Gasteiger partial charge in [-0.3, -0.25) is 0 Å². The first kappa shape index (κ1) is 20.6. The molecule has 1 aliphatic rings. The highest BCUT2D eigenvalue weighted by Gasteiger charge is 2.24. The van der Waals surface area contributed by atoms with Crippen LogP contribution in [0, 0.1) is 0 Å². The molecule has 2 aromatic rings. The van der Waals surface area contributed by atoms with Crippen LogP contribution in [0.4, 0.5) is 0 Å². The third-order valence-electron chi connectivity index (χ3n) is 4.54. The van der Waals surface area contributed by atoms with Crippen molar-refractivity contribution in [2.24, 2.45) is 0 Å². The van der Waals surface area contributed by atoms with Crippen molar-refractivity contribution < 1.29 is 17.9 Å². The summed E-state index contributed by atoms with van der Waals surface area (Å²) in [5, 5.41) is 0.354. The second kappa shape index (κ2) is 9.37. The Labute approximate surface area is 170 Å². The molecule has 0 atom stereocenters. The molecule has 7 heteroatoms. The normalized spacial score (nSPS) is 16.0. The highest BCUT2D eigenvalue weighted by Crippen LogP contribution is 2.24. The smallest absolute Gasteiger partial charge is 0.336 e. The average molecular weight is 420 g/mol. The third-order valence-corrected chi connectivity index (χ3v) is 6.77. The van der Waals surface area contributed by atoms with E-state index >= 15 is 0 Å². The van der Waals surface area contributed by atoms with Gasteiger partial charge in [-0.1, -0.05) is 48.7 Å². The molecule has 0 amide bonds. The molecule has 148 valence electrons. The molecule has 1 aliphatic heterocycles. The Hall–Kier alpha value is -2.15. The molecular formula is C21H22ClNO4S. The van der Waals surface area contributed by atoms with E-state index in [9.17, 15) is 13.2 Å². The van der Waals surface area contributed by atoms with Crippen molar-refractivity contribution in [3.63, 3.8) is 0 Å². The zero-order valence-electron chi connectivity index (χ0n) is 15.4. The molecule has 0 spiro atoms. The van der Waals surface area contributed by atoms with Crippen LogP contribution in [0.3, 0.4) is 0 Å². The predicted molar refractivity (Wildman–Crippen MR) is 110 cm³/mol. The van der Waals surface area contributed by atoms with E-state index in [0.717, 1.165) is 25.7 Å². The van der Waals surface area contributed by atoms with Crippen LogP contribution in [-0.4, -0.2) is 31.8 Å². The topological polar surface area (TPSA) is 63.7 Å². The molecule has 0 saturated carbocycles. The number of halogens is 1. The van der Waals surface area contributed by atoms with Gasteiger partial charge in [0, 0.05) is 19.2 Å². The first-order valence-corrected chi connectivity index (χ1v) is 11.0. The van der Waals surface area contributed by atoms with E-state index < -0.39 is 16.0 Å². The Balaban J connectivity index is 1.66. The maximum absolute atomic E-state index is 12.8. The molecule has 0 aliphatic carbocycles. The summed E-state index contributed by atoms with van der Waals surface area (Å²) < 4.78 is 32.3. The fraction of sp³-hybridized carbons (Fsp3) is 0.286. The Kier molecular flexibility index (Phi) is 6.88. The zero-order valence-corrected chi connectivity index (χ0v) is 17.0. The molecule has 0 radical (unpaired) electrons. The standard InChI is InChI=1S/C21H22ClNO4S/c22-19-7-3-4-8-20(19)27-21(24)14-11-17-9-12-18(13-10-17)28(25,26)23-15-5-1-2-6-16-23/h3-4,7-14H,1-2,5-6,15-16H2/b14-11+. The van der Waals surface area contributed by atoms with Gasteiger partial charge in [0.2, 0.25) is 10.0 Å². The van der Waals surface area contributed by atoms with Crippen molar-refractivity contribution in [1.29, 1.82) is 0 Å². The summed E-state index contributed by atoms with van der Waals surface area (Å²) in [4.78, 5) is 12.2. The monoisotopic (exact) mass is 419 g/mol. The number of benzene rings is 2. The van der Waals surface area contributed by atoms with Gasteiger partial charge in [-0.25, -0.2) is 13.2 Å². The molecule has 3 rings (SSSR count). The largest absolute Gasteiger partial charge is 0.422 e. The highest BCUT2D eigenvalue weighted by atomic mass is 35.5. The van der Waals surface area contributed by atoms with Gasteiger partial charge in [0.05, 0.1) is 9.92 Å². The molecule has 0 bridgehead atoms. The molecule has 2 aromatic carbocycles. The van der Waals surface area contributed by atoms with Crippen molar-refractivity contribution in [3.8, 4) is 5.75 Å². The van der Waals surface area contributed by atoms with Crippen LogP contribution in [0.2, 0.25) is 5.02 Å². The molecule has 1 saturated heterocycles. The molecule has 0 unspecified atom stereocenters. The van der Waals surface area contributed by atoms with Gasteiger partial charge in [0.15, 0.2) is 0 Å². The van der Waals surface area contributed by atoms with Crippen molar-refractivity contribution in [2.75, 3.05) is 13.1 Å².